The predicted molar refractivity (Wildman–Crippen MR) is 168 cm³/mol. The van der Waals surface area contributed by atoms with Gasteiger partial charge in [0.05, 0.1) is 5.92 Å². The Morgan fingerprint density at radius 2 is 1.55 bits per heavy atom. The summed E-state index contributed by atoms with van der Waals surface area (Å²) in [6.07, 6.45) is 2.00. The Morgan fingerprint density at radius 1 is 0.929 bits per heavy atom. The summed E-state index contributed by atoms with van der Waals surface area (Å²) >= 11 is 0. The van der Waals surface area contributed by atoms with Gasteiger partial charge in [0, 0.05) is 36.9 Å². The highest BCUT2D eigenvalue weighted by Gasteiger charge is 2.45. The minimum Gasteiger partial charge on any atom is -0.444 e. The molecule has 2 aromatic carbocycles. The van der Waals surface area contributed by atoms with Gasteiger partial charge in [0.25, 0.3) is 0 Å². The Balaban J connectivity index is 1.61. The molecule has 0 spiro atoms. The maximum atomic E-state index is 14.0. The van der Waals surface area contributed by atoms with Crippen LogP contribution in [-0.4, -0.2) is 58.2 Å². The number of anilines is 1. The van der Waals surface area contributed by atoms with Crippen LogP contribution in [0, 0.1) is 25.7 Å². The highest BCUT2D eigenvalue weighted by atomic mass is 16.6. The normalized spacial score (nSPS) is 21.6. The molecule has 1 unspecified atom stereocenters. The summed E-state index contributed by atoms with van der Waals surface area (Å²) in [6.45, 7) is 18.1. The van der Waals surface area contributed by atoms with Crippen molar-refractivity contribution in [1.82, 2.24) is 9.80 Å². The summed E-state index contributed by atoms with van der Waals surface area (Å²) < 4.78 is 5.63. The average Bonchev–Trinajstić information content (AvgIpc) is 2.91. The first-order valence-corrected chi connectivity index (χ1v) is 15.5. The number of amides is 2. The third-order valence-corrected chi connectivity index (χ3v) is 8.85. The molecule has 2 amide bonds. The average molecular weight is 578 g/mol. The number of aliphatic hydroxyl groups is 1. The van der Waals surface area contributed by atoms with Crippen molar-refractivity contribution in [1.29, 1.82) is 0 Å². The smallest absolute Gasteiger partial charge is 0.410 e. The topological polar surface area (TPSA) is 82.1 Å². The number of hydrogen-bond donors (Lipinski definition) is 2. The molecule has 42 heavy (non-hydrogen) atoms. The Hall–Kier alpha value is -2.90. The van der Waals surface area contributed by atoms with Crippen LogP contribution in [-0.2, 0) is 14.9 Å². The highest BCUT2D eigenvalue weighted by Crippen LogP contribution is 2.40. The monoisotopic (exact) mass is 577 g/mol. The van der Waals surface area contributed by atoms with E-state index in [-0.39, 0.29) is 35.3 Å². The van der Waals surface area contributed by atoms with E-state index in [2.05, 4.69) is 43.1 Å². The maximum absolute atomic E-state index is 14.0. The molecule has 7 heteroatoms. The lowest BCUT2D eigenvalue weighted by Gasteiger charge is -2.49. The van der Waals surface area contributed by atoms with Crippen LogP contribution in [0.25, 0.3) is 0 Å². The van der Waals surface area contributed by atoms with Crippen molar-refractivity contribution < 1.29 is 19.4 Å². The molecule has 2 aromatic rings. The zero-order valence-corrected chi connectivity index (χ0v) is 26.9. The second-order valence-corrected chi connectivity index (χ2v) is 14.3. The van der Waals surface area contributed by atoms with Crippen LogP contribution in [0.1, 0.15) is 95.7 Å². The molecule has 0 radical (unpaired) electrons. The number of aryl methyl sites for hydroxylation is 2. The molecular weight excluding hydrogens is 526 g/mol. The Bertz CT molecular complexity index is 1230. The summed E-state index contributed by atoms with van der Waals surface area (Å²) in [6, 6.07) is 14.1. The van der Waals surface area contributed by atoms with Crippen LogP contribution >= 0.6 is 0 Å². The number of ether oxygens (including phenoxy) is 1. The maximum Gasteiger partial charge on any atom is 0.410 e. The van der Waals surface area contributed by atoms with Gasteiger partial charge in [0.15, 0.2) is 0 Å². The van der Waals surface area contributed by atoms with Gasteiger partial charge in [-0.25, -0.2) is 4.79 Å². The van der Waals surface area contributed by atoms with Crippen LogP contribution in [0.4, 0.5) is 10.5 Å². The largest absolute Gasteiger partial charge is 0.444 e. The number of carbonyl (C=O) groups excluding carboxylic acids is 2. The third-order valence-electron chi connectivity index (χ3n) is 8.85. The van der Waals surface area contributed by atoms with Crippen molar-refractivity contribution in [3.8, 4) is 0 Å². The second kappa shape index (κ2) is 12.8. The Kier molecular flexibility index (Phi) is 9.73. The van der Waals surface area contributed by atoms with E-state index in [1.54, 1.807) is 4.90 Å². The highest BCUT2D eigenvalue weighted by molar-refractivity contribution is 5.93. The van der Waals surface area contributed by atoms with E-state index >= 15 is 0 Å². The van der Waals surface area contributed by atoms with E-state index < -0.39 is 11.8 Å². The molecule has 4 rings (SSSR count). The fourth-order valence-electron chi connectivity index (χ4n) is 6.66. The molecule has 230 valence electrons. The predicted octanol–water partition coefficient (Wildman–Crippen LogP) is 6.96. The molecule has 2 saturated heterocycles. The van der Waals surface area contributed by atoms with E-state index in [0.29, 0.717) is 13.1 Å². The lowest BCUT2D eigenvalue weighted by molar-refractivity contribution is -0.133. The van der Waals surface area contributed by atoms with Gasteiger partial charge in [-0.3, -0.25) is 9.69 Å². The number of benzene rings is 2. The molecule has 0 aromatic heterocycles. The summed E-state index contributed by atoms with van der Waals surface area (Å²) in [5.41, 5.74) is 4.42. The van der Waals surface area contributed by atoms with Crippen molar-refractivity contribution in [3.63, 3.8) is 0 Å². The Labute approximate surface area is 252 Å². The number of aliphatic hydroxyl groups excluding tert-OH is 1. The number of piperidine rings is 2. The van der Waals surface area contributed by atoms with E-state index in [1.165, 1.54) is 5.56 Å². The van der Waals surface area contributed by atoms with Gasteiger partial charge in [0.1, 0.15) is 11.8 Å². The standard InChI is InChI=1S/C35H51N3O4/c1-23-12-9-13-24(2)29(23)32(40)38-19-11-16-28(31(39)36-27-15-10-14-26(22-27)34(3,4)5)30(38)25-17-20-37(21-18-25)33(41)42-35(6,7)8/h9-10,12-15,22,25,28,30,32,40H,11,16-21H2,1-8H3,(H,36,39)/t28-,30-,32?/m0/s1. The molecular formula is C35H51N3O4. The van der Waals surface area contributed by atoms with Crippen molar-refractivity contribution >= 4 is 17.7 Å². The quantitative estimate of drug-likeness (QED) is 0.402. The fraction of sp³-hybridized carbons (Fsp3) is 0.600. The number of likely N-dealkylation sites (tertiary alicyclic amines) is 2. The van der Waals surface area contributed by atoms with Gasteiger partial charge in [-0.1, -0.05) is 51.1 Å². The van der Waals surface area contributed by atoms with E-state index in [9.17, 15) is 14.7 Å². The summed E-state index contributed by atoms with van der Waals surface area (Å²) in [7, 11) is 0. The Morgan fingerprint density at radius 3 is 2.14 bits per heavy atom. The van der Waals surface area contributed by atoms with Crippen LogP contribution in [0.2, 0.25) is 0 Å². The van der Waals surface area contributed by atoms with Crippen LogP contribution in [0.15, 0.2) is 42.5 Å². The van der Waals surface area contributed by atoms with Crippen LogP contribution < -0.4 is 5.32 Å². The summed E-state index contributed by atoms with van der Waals surface area (Å²) in [4.78, 5) is 30.8. The molecule has 2 fully saturated rings. The number of nitrogens with one attached hydrogen (secondary N) is 1. The third kappa shape index (κ3) is 7.54. The lowest BCUT2D eigenvalue weighted by Crippen LogP contribution is -2.56. The fourth-order valence-corrected chi connectivity index (χ4v) is 6.66. The number of rotatable bonds is 5. The van der Waals surface area contributed by atoms with Gasteiger partial charge in [-0.05, 0) is 100 Å². The first kappa shape index (κ1) is 32.0. The molecule has 2 aliphatic heterocycles. The van der Waals surface area contributed by atoms with Crippen molar-refractivity contribution in [3.05, 3.63) is 64.7 Å². The minimum absolute atomic E-state index is 0.000892. The minimum atomic E-state index is -0.806. The van der Waals surface area contributed by atoms with Gasteiger partial charge < -0.3 is 20.1 Å². The van der Waals surface area contributed by atoms with Crippen molar-refractivity contribution in [2.45, 2.75) is 104 Å². The number of carbonyl (C=O) groups is 2. The second-order valence-electron chi connectivity index (χ2n) is 14.3. The summed E-state index contributed by atoms with van der Waals surface area (Å²) in [5.74, 6) is -0.132. The first-order valence-electron chi connectivity index (χ1n) is 15.5. The first-order chi connectivity index (χ1) is 19.7. The molecule has 2 aliphatic rings. The van der Waals surface area contributed by atoms with Gasteiger partial charge >= 0.3 is 6.09 Å². The van der Waals surface area contributed by atoms with Crippen molar-refractivity contribution in [2.75, 3.05) is 25.0 Å². The zero-order chi connectivity index (χ0) is 30.8. The van der Waals surface area contributed by atoms with Gasteiger partial charge in [-0.2, -0.15) is 0 Å². The molecule has 7 nitrogen and oxygen atoms in total. The molecule has 2 heterocycles. The lowest BCUT2D eigenvalue weighted by atomic mass is 9.76. The van der Waals surface area contributed by atoms with E-state index in [0.717, 1.165) is 54.6 Å². The molecule has 3 atom stereocenters. The number of nitrogens with zero attached hydrogens (tertiary/aromatic N) is 2. The molecule has 0 saturated carbocycles. The zero-order valence-electron chi connectivity index (χ0n) is 26.9. The van der Waals surface area contributed by atoms with E-state index in [4.69, 9.17) is 4.74 Å². The summed E-state index contributed by atoms with van der Waals surface area (Å²) in [5, 5.41) is 15.1. The van der Waals surface area contributed by atoms with Crippen LogP contribution in [0.5, 0.6) is 0 Å². The van der Waals surface area contributed by atoms with Crippen LogP contribution in [0.3, 0.4) is 0 Å². The molecule has 0 bridgehead atoms. The van der Waals surface area contributed by atoms with Gasteiger partial charge in [0.2, 0.25) is 5.91 Å². The molecule has 2 N–H and O–H groups in total. The number of hydrogen-bond acceptors (Lipinski definition) is 5. The van der Waals surface area contributed by atoms with Crippen molar-refractivity contribution in [2.24, 2.45) is 11.8 Å². The van der Waals surface area contributed by atoms with Gasteiger partial charge in [-0.15, -0.1) is 0 Å². The van der Waals surface area contributed by atoms with E-state index in [1.807, 2.05) is 65.0 Å². The molecule has 0 aliphatic carbocycles. The SMILES string of the molecule is Cc1cccc(C)c1C(O)N1CCC[C@H](C(=O)Nc2cccc(C(C)(C)C)c2)[C@@H]1C1CCN(C(=O)OC(C)(C)C)CC1.